The van der Waals surface area contributed by atoms with Gasteiger partial charge in [-0.05, 0) is 42.8 Å². The number of aryl methyl sites for hydroxylation is 1. The van der Waals surface area contributed by atoms with Crippen LogP contribution in [0.4, 0.5) is 0 Å². The number of hydrazone groups is 1. The fourth-order valence-electron chi connectivity index (χ4n) is 3.86. The molecule has 4 aromatic rings. The van der Waals surface area contributed by atoms with Crippen molar-refractivity contribution in [3.8, 4) is 5.75 Å². The van der Waals surface area contributed by atoms with Crippen LogP contribution in [0, 0.1) is 6.92 Å². The first-order chi connectivity index (χ1) is 16.5. The molecule has 34 heavy (non-hydrogen) atoms. The second kappa shape index (κ2) is 9.00. The SMILES string of the molecule is Cc1ccc2nc(Cl)c(C=NN3C(=O)C(=Cc4ccccc4O)NC3c3ccccc3)cc2c1. The van der Waals surface area contributed by atoms with Crippen LogP contribution >= 0.6 is 11.6 Å². The number of carbonyl (C=O) groups excluding carboxylic acids is 1. The van der Waals surface area contributed by atoms with Crippen LogP contribution in [0.2, 0.25) is 5.15 Å². The van der Waals surface area contributed by atoms with E-state index in [1.165, 1.54) is 5.01 Å². The van der Waals surface area contributed by atoms with Gasteiger partial charge in [-0.25, -0.2) is 9.99 Å². The molecule has 7 heteroatoms. The van der Waals surface area contributed by atoms with Gasteiger partial charge in [0.2, 0.25) is 0 Å². The Kier molecular flexibility index (Phi) is 5.74. The van der Waals surface area contributed by atoms with E-state index in [2.05, 4.69) is 15.4 Å². The molecule has 2 heterocycles. The van der Waals surface area contributed by atoms with Gasteiger partial charge in [0, 0.05) is 16.5 Å². The summed E-state index contributed by atoms with van der Waals surface area (Å²) in [5.41, 5.74) is 4.24. The first-order valence-corrected chi connectivity index (χ1v) is 11.1. The molecule has 1 atom stereocenters. The van der Waals surface area contributed by atoms with E-state index in [0.29, 0.717) is 22.0 Å². The number of nitrogens with zero attached hydrogens (tertiary/aromatic N) is 3. The molecule has 3 aromatic carbocycles. The fraction of sp³-hybridized carbons (Fsp3) is 0.0741. The average Bonchev–Trinajstić information content (AvgIpc) is 3.15. The largest absolute Gasteiger partial charge is 0.507 e. The molecule has 2 N–H and O–H groups in total. The van der Waals surface area contributed by atoms with E-state index in [0.717, 1.165) is 22.0 Å². The van der Waals surface area contributed by atoms with Crippen LogP contribution < -0.4 is 5.32 Å². The minimum absolute atomic E-state index is 0.0899. The van der Waals surface area contributed by atoms with Crippen molar-refractivity contribution >= 4 is 40.7 Å². The van der Waals surface area contributed by atoms with E-state index in [1.807, 2.05) is 61.5 Å². The van der Waals surface area contributed by atoms with Gasteiger partial charge in [0.25, 0.3) is 5.91 Å². The molecule has 0 radical (unpaired) electrons. The number of aromatic nitrogens is 1. The van der Waals surface area contributed by atoms with Crippen molar-refractivity contribution in [1.29, 1.82) is 0 Å². The summed E-state index contributed by atoms with van der Waals surface area (Å²) in [7, 11) is 0. The van der Waals surface area contributed by atoms with Crippen molar-refractivity contribution < 1.29 is 9.90 Å². The van der Waals surface area contributed by atoms with Gasteiger partial charge in [0.05, 0.1) is 11.7 Å². The molecule has 1 unspecified atom stereocenters. The van der Waals surface area contributed by atoms with Crippen molar-refractivity contribution in [3.63, 3.8) is 0 Å². The van der Waals surface area contributed by atoms with Crippen LogP contribution in [-0.2, 0) is 4.79 Å². The number of phenols is 1. The Balaban J connectivity index is 1.53. The third-order valence-electron chi connectivity index (χ3n) is 5.60. The lowest BCUT2D eigenvalue weighted by Crippen LogP contribution is -2.25. The summed E-state index contributed by atoms with van der Waals surface area (Å²) >= 11 is 6.41. The summed E-state index contributed by atoms with van der Waals surface area (Å²) in [6.45, 7) is 2.01. The van der Waals surface area contributed by atoms with Crippen molar-refractivity contribution in [1.82, 2.24) is 15.3 Å². The highest BCUT2D eigenvalue weighted by Crippen LogP contribution is 2.30. The number of benzene rings is 3. The van der Waals surface area contributed by atoms with Gasteiger partial charge in [0.15, 0.2) is 6.17 Å². The Bertz CT molecular complexity index is 1450. The second-order valence-corrected chi connectivity index (χ2v) is 8.39. The zero-order chi connectivity index (χ0) is 23.7. The van der Waals surface area contributed by atoms with Gasteiger partial charge >= 0.3 is 0 Å². The Morgan fingerprint density at radius 3 is 2.59 bits per heavy atom. The van der Waals surface area contributed by atoms with E-state index in [1.54, 1.807) is 36.6 Å². The van der Waals surface area contributed by atoms with Gasteiger partial charge in [-0.3, -0.25) is 4.79 Å². The summed E-state index contributed by atoms with van der Waals surface area (Å²) in [6, 6.07) is 24.2. The predicted molar refractivity (Wildman–Crippen MR) is 134 cm³/mol. The summed E-state index contributed by atoms with van der Waals surface area (Å²) in [6.07, 6.45) is 2.66. The van der Waals surface area contributed by atoms with Crippen LogP contribution in [0.15, 0.2) is 89.7 Å². The minimum atomic E-state index is -0.517. The van der Waals surface area contributed by atoms with Crippen molar-refractivity contribution in [3.05, 3.63) is 112 Å². The van der Waals surface area contributed by atoms with E-state index in [-0.39, 0.29) is 11.7 Å². The maximum atomic E-state index is 13.3. The lowest BCUT2D eigenvalue weighted by molar-refractivity contribution is -0.126. The van der Waals surface area contributed by atoms with Gasteiger partial charge in [-0.2, -0.15) is 5.10 Å². The van der Waals surface area contributed by atoms with Crippen molar-refractivity contribution in [2.45, 2.75) is 13.1 Å². The zero-order valence-electron chi connectivity index (χ0n) is 18.3. The zero-order valence-corrected chi connectivity index (χ0v) is 19.1. The maximum Gasteiger partial charge on any atom is 0.292 e. The van der Waals surface area contributed by atoms with Gasteiger partial charge in [-0.1, -0.05) is 71.8 Å². The molecule has 1 aliphatic heterocycles. The number of hydrogen-bond acceptors (Lipinski definition) is 5. The van der Waals surface area contributed by atoms with Crippen LogP contribution in [0.5, 0.6) is 5.75 Å². The fourth-order valence-corrected chi connectivity index (χ4v) is 4.06. The molecule has 0 spiro atoms. The van der Waals surface area contributed by atoms with Crippen LogP contribution in [-0.4, -0.2) is 27.2 Å². The normalized spacial score (nSPS) is 17.1. The lowest BCUT2D eigenvalue weighted by Gasteiger charge is -2.19. The molecule has 1 fully saturated rings. The monoisotopic (exact) mass is 468 g/mol. The van der Waals surface area contributed by atoms with Crippen LogP contribution in [0.1, 0.15) is 28.4 Å². The Hall–Kier alpha value is -4.16. The smallest absolute Gasteiger partial charge is 0.292 e. The molecular weight excluding hydrogens is 448 g/mol. The first-order valence-electron chi connectivity index (χ1n) is 10.8. The predicted octanol–water partition coefficient (Wildman–Crippen LogP) is 5.41. The molecule has 6 nitrogen and oxygen atoms in total. The number of hydrogen-bond donors (Lipinski definition) is 2. The third kappa shape index (κ3) is 4.23. The highest BCUT2D eigenvalue weighted by Gasteiger charge is 2.36. The number of pyridine rings is 1. The Morgan fingerprint density at radius 2 is 1.79 bits per heavy atom. The Labute approximate surface area is 201 Å². The standard InChI is InChI=1S/C27H21ClN4O2/c1-17-11-12-22-20(13-17)14-21(25(28)30-22)16-29-32-26(18-7-3-2-4-8-18)31-23(27(32)34)15-19-9-5-6-10-24(19)33/h2-16,26,31,33H,1H3. The summed E-state index contributed by atoms with van der Waals surface area (Å²) in [4.78, 5) is 17.8. The van der Waals surface area contributed by atoms with Crippen LogP contribution in [0.3, 0.4) is 0 Å². The molecular formula is C27H21ClN4O2. The number of rotatable bonds is 4. The molecule has 0 bridgehead atoms. The molecule has 5 rings (SSSR count). The van der Waals surface area contributed by atoms with Crippen molar-refractivity contribution in [2.24, 2.45) is 5.10 Å². The highest BCUT2D eigenvalue weighted by atomic mass is 35.5. The second-order valence-electron chi connectivity index (χ2n) is 8.03. The lowest BCUT2D eigenvalue weighted by atomic mass is 10.1. The number of para-hydroxylation sites is 1. The molecule has 1 aromatic heterocycles. The summed E-state index contributed by atoms with van der Waals surface area (Å²) in [5, 5.41) is 20.5. The highest BCUT2D eigenvalue weighted by molar-refractivity contribution is 6.32. The van der Waals surface area contributed by atoms with E-state index in [9.17, 15) is 9.90 Å². The van der Waals surface area contributed by atoms with E-state index >= 15 is 0 Å². The third-order valence-corrected chi connectivity index (χ3v) is 5.90. The summed E-state index contributed by atoms with van der Waals surface area (Å²) < 4.78 is 0. The maximum absolute atomic E-state index is 13.3. The number of halogens is 1. The molecule has 168 valence electrons. The molecule has 0 aliphatic carbocycles. The number of phenolic OH excluding ortho intramolecular Hbond substituents is 1. The van der Waals surface area contributed by atoms with Crippen molar-refractivity contribution in [2.75, 3.05) is 0 Å². The van der Waals surface area contributed by atoms with Gasteiger partial charge in [-0.15, -0.1) is 0 Å². The number of carbonyl (C=O) groups is 1. The van der Waals surface area contributed by atoms with Gasteiger partial charge < -0.3 is 10.4 Å². The molecule has 0 saturated carbocycles. The van der Waals surface area contributed by atoms with Gasteiger partial charge in [0.1, 0.15) is 16.6 Å². The number of amides is 1. The molecule has 1 amide bonds. The Morgan fingerprint density at radius 1 is 1.03 bits per heavy atom. The molecule has 1 saturated heterocycles. The number of nitrogens with one attached hydrogen (secondary N) is 1. The van der Waals surface area contributed by atoms with Crippen LogP contribution in [0.25, 0.3) is 17.0 Å². The van der Waals surface area contributed by atoms with E-state index < -0.39 is 6.17 Å². The first kappa shape index (κ1) is 21.7. The summed E-state index contributed by atoms with van der Waals surface area (Å²) in [5.74, 6) is -0.235. The average molecular weight is 469 g/mol. The minimum Gasteiger partial charge on any atom is -0.507 e. The topological polar surface area (TPSA) is 77.8 Å². The number of aromatic hydroxyl groups is 1. The van der Waals surface area contributed by atoms with E-state index in [4.69, 9.17) is 11.6 Å². The number of fused-ring (bicyclic) bond motifs is 1. The molecule has 1 aliphatic rings. The quantitative estimate of drug-likeness (QED) is 0.238.